The van der Waals surface area contributed by atoms with Gasteiger partial charge in [0.05, 0.1) is 0 Å². The van der Waals surface area contributed by atoms with Crippen molar-refractivity contribution >= 4 is 32.3 Å². The summed E-state index contributed by atoms with van der Waals surface area (Å²) in [6.07, 6.45) is 3.94. The SMILES string of the molecule is c1ccc(-c2cc(-c3ccccc3)c(-c3cccc(-c4c5ccccc5c(-c5cccc(-c6cncc7ccccc67)c5)c5ccccc45)c3)c(-c3ccccc3)c2)cc1. The van der Waals surface area contributed by atoms with Gasteiger partial charge in [-0.05, 0) is 124 Å². The van der Waals surface area contributed by atoms with Gasteiger partial charge >= 0.3 is 0 Å². The van der Waals surface area contributed by atoms with Gasteiger partial charge in [-0.1, -0.05) is 200 Å². The second-order valence-corrected chi connectivity index (χ2v) is 15.5. The Kier molecular flexibility index (Phi) is 8.91. The Hall–Kier alpha value is -7.87. The van der Waals surface area contributed by atoms with Gasteiger partial charge in [0, 0.05) is 23.3 Å². The second-order valence-electron chi connectivity index (χ2n) is 15.5. The first-order valence-corrected chi connectivity index (χ1v) is 20.6. The van der Waals surface area contributed by atoms with E-state index in [9.17, 15) is 0 Å². The van der Waals surface area contributed by atoms with Crippen LogP contribution in [0.15, 0.2) is 237 Å². The Morgan fingerprint density at radius 2 is 0.600 bits per heavy atom. The maximum absolute atomic E-state index is 4.63. The van der Waals surface area contributed by atoms with Crippen LogP contribution in [0, 0.1) is 0 Å². The molecule has 0 saturated heterocycles. The highest BCUT2D eigenvalue weighted by Crippen LogP contribution is 2.47. The van der Waals surface area contributed by atoms with E-state index in [1.165, 1.54) is 93.7 Å². The zero-order valence-corrected chi connectivity index (χ0v) is 33.0. The first kappa shape index (κ1) is 35.3. The summed E-state index contributed by atoms with van der Waals surface area (Å²) in [5, 5.41) is 7.26. The molecule has 1 nitrogen and oxygen atoms in total. The average Bonchev–Trinajstić information content (AvgIpc) is 3.33. The number of benzene rings is 10. The highest BCUT2D eigenvalue weighted by molar-refractivity contribution is 6.21. The number of hydrogen-bond acceptors (Lipinski definition) is 1. The van der Waals surface area contributed by atoms with Crippen LogP contribution in [0.4, 0.5) is 0 Å². The minimum absolute atomic E-state index is 1.14. The van der Waals surface area contributed by atoms with Crippen molar-refractivity contribution in [3.63, 3.8) is 0 Å². The van der Waals surface area contributed by atoms with E-state index in [1.807, 2.05) is 12.4 Å². The Morgan fingerprint density at radius 3 is 1.12 bits per heavy atom. The molecule has 280 valence electrons. The van der Waals surface area contributed by atoms with Gasteiger partial charge in [-0.25, -0.2) is 0 Å². The van der Waals surface area contributed by atoms with Crippen LogP contribution in [0.25, 0.3) is 110 Å². The molecular weight excluding hydrogens is 723 g/mol. The van der Waals surface area contributed by atoms with Gasteiger partial charge < -0.3 is 0 Å². The topological polar surface area (TPSA) is 12.9 Å². The molecule has 0 fully saturated rings. The molecule has 11 rings (SSSR count). The molecule has 0 aliphatic rings. The lowest BCUT2D eigenvalue weighted by Crippen LogP contribution is -1.94. The van der Waals surface area contributed by atoms with Crippen molar-refractivity contribution < 1.29 is 0 Å². The van der Waals surface area contributed by atoms with Gasteiger partial charge in [-0.3, -0.25) is 4.98 Å². The average molecular weight is 762 g/mol. The molecule has 0 bridgehead atoms. The first-order valence-electron chi connectivity index (χ1n) is 20.6. The maximum Gasteiger partial charge on any atom is 0.0352 e. The third-order valence-electron chi connectivity index (χ3n) is 11.9. The summed E-state index contributed by atoms with van der Waals surface area (Å²) < 4.78 is 0. The summed E-state index contributed by atoms with van der Waals surface area (Å²) in [7, 11) is 0. The molecule has 60 heavy (non-hydrogen) atoms. The summed E-state index contributed by atoms with van der Waals surface area (Å²) in [5.41, 5.74) is 16.7. The van der Waals surface area contributed by atoms with Crippen molar-refractivity contribution in [1.82, 2.24) is 4.98 Å². The molecular formula is C59H39N. The summed E-state index contributed by atoms with van der Waals surface area (Å²) in [5.74, 6) is 0. The number of rotatable bonds is 7. The van der Waals surface area contributed by atoms with Crippen molar-refractivity contribution in [2.24, 2.45) is 0 Å². The summed E-state index contributed by atoms with van der Waals surface area (Å²) in [6.45, 7) is 0. The molecule has 11 aromatic rings. The van der Waals surface area contributed by atoms with E-state index < -0.39 is 0 Å². The fourth-order valence-electron chi connectivity index (χ4n) is 9.21. The number of hydrogen-bond donors (Lipinski definition) is 0. The maximum atomic E-state index is 4.63. The van der Waals surface area contributed by atoms with Crippen LogP contribution in [-0.2, 0) is 0 Å². The number of pyridine rings is 1. The number of nitrogens with zero attached hydrogens (tertiary/aromatic N) is 1. The Balaban J connectivity index is 1.14. The molecule has 1 heterocycles. The minimum Gasteiger partial charge on any atom is -0.263 e. The van der Waals surface area contributed by atoms with E-state index in [2.05, 4.69) is 229 Å². The van der Waals surface area contributed by atoms with Crippen molar-refractivity contribution in [1.29, 1.82) is 0 Å². The minimum atomic E-state index is 1.14. The molecule has 0 N–H and O–H groups in total. The fraction of sp³-hybridized carbons (Fsp3) is 0. The molecule has 0 aliphatic heterocycles. The van der Waals surface area contributed by atoms with Crippen LogP contribution in [0.2, 0.25) is 0 Å². The van der Waals surface area contributed by atoms with Gasteiger partial charge in [0.1, 0.15) is 0 Å². The number of fused-ring (bicyclic) bond motifs is 3. The van der Waals surface area contributed by atoms with Gasteiger partial charge in [-0.2, -0.15) is 0 Å². The third-order valence-corrected chi connectivity index (χ3v) is 11.9. The van der Waals surface area contributed by atoms with Crippen molar-refractivity contribution in [2.45, 2.75) is 0 Å². The molecule has 1 heteroatoms. The highest BCUT2D eigenvalue weighted by atomic mass is 14.6. The van der Waals surface area contributed by atoms with Gasteiger partial charge in [0.15, 0.2) is 0 Å². The predicted molar refractivity (Wildman–Crippen MR) is 255 cm³/mol. The predicted octanol–water partition coefficient (Wildman–Crippen LogP) is 16.2. The van der Waals surface area contributed by atoms with Crippen molar-refractivity contribution in [3.8, 4) is 77.9 Å². The van der Waals surface area contributed by atoms with Crippen LogP contribution in [-0.4, -0.2) is 4.98 Å². The summed E-state index contributed by atoms with van der Waals surface area (Å²) in [6, 6.07) is 81.8. The van der Waals surface area contributed by atoms with E-state index in [0.717, 1.165) is 16.5 Å². The van der Waals surface area contributed by atoms with E-state index in [4.69, 9.17) is 0 Å². The van der Waals surface area contributed by atoms with Crippen molar-refractivity contribution in [2.75, 3.05) is 0 Å². The highest BCUT2D eigenvalue weighted by Gasteiger charge is 2.21. The molecule has 0 radical (unpaired) electrons. The molecule has 1 aromatic heterocycles. The lowest BCUT2D eigenvalue weighted by Gasteiger charge is -2.21. The van der Waals surface area contributed by atoms with Gasteiger partial charge in [0.25, 0.3) is 0 Å². The summed E-state index contributed by atoms with van der Waals surface area (Å²) >= 11 is 0. The molecule has 0 saturated carbocycles. The standard InChI is InChI=1S/C59H39N/c1-4-18-40(19-5-1)48-36-54(41-20-6-2-7-21-41)59(55(37-48)42-22-8-3-9-23-42)46-28-17-27-45(35-46)58-52-32-14-12-30-50(52)57(51-31-13-15-33-53(51)58)44-26-16-25-43(34-44)56-39-60-38-47-24-10-11-29-49(47)56/h1-39H. The molecule has 0 unspecified atom stereocenters. The van der Waals surface area contributed by atoms with Crippen LogP contribution >= 0.6 is 0 Å². The molecule has 0 spiro atoms. The van der Waals surface area contributed by atoms with E-state index in [1.54, 1.807) is 0 Å². The fourth-order valence-corrected chi connectivity index (χ4v) is 9.21. The van der Waals surface area contributed by atoms with Crippen LogP contribution in [0.1, 0.15) is 0 Å². The van der Waals surface area contributed by atoms with Gasteiger partial charge in [-0.15, -0.1) is 0 Å². The lowest BCUT2D eigenvalue weighted by atomic mass is 9.82. The van der Waals surface area contributed by atoms with Crippen molar-refractivity contribution in [3.05, 3.63) is 237 Å². The Bertz CT molecular complexity index is 3230. The smallest absolute Gasteiger partial charge is 0.0352 e. The van der Waals surface area contributed by atoms with Gasteiger partial charge in [0.2, 0.25) is 0 Å². The quantitative estimate of drug-likeness (QED) is 0.147. The Labute approximate surface area is 350 Å². The second kappa shape index (κ2) is 15.1. The summed E-state index contributed by atoms with van der Waals surface area (Å²) in [4.78, 5) is 4.63. The molecule has 0 aliphatic carbocycles. The van der Waals surface area contributed by atoms with E-state index >= 15 is 0 Å². The first-order chi connectivity index (χ1) is 29.8. The van der Waals surface area contributed by atoms with Crippen LogP contribution in [0.3, 0.4) is 0 Å². The zero-order valence-electron chi connectivity index (χ0n) is 33.0. The number of aromatic nitrogens is 1. The third kappa shape index (κ3) is 6.25. The normalized spacial score (nSPS) is 11.3. The lowest BCUT2D eigenvalue weighted by molar-refractivity contribution is 1.36. The molecule has 10 aromatic carbocycles. The van der Waals surface area contributed by atoms with E-state index in [0.29, 0.717) is 0 Å². The van der Waals surface area contributed by atoms with Crippen LogP contribution in [0.5, 0.6) is 0 Å². The molecule has 0 amide bonds. The zero-order chi connectivity index (χ0) is 39.8. The largest absolute Gasteiger partial charge is 0.263 e. The molecule has 0 atom stereocenters. The van der Waals surface area contributed by atoms with E-state index in [-0.39, 0.29) is 0 Å². The monoisotopic (exact) mass is 761 g/mol. The van der Waals surface area contributed by atoms with Crippen LogP contribution < -0.4 is 0 Å². The Morgan fingerprint density at radius 1 is 0.217 bits per heavy atom.